The summed E-state index contributed by atoms with van der Waals surface area (Å²) in [6, 6.07) is 13.4. The van der Waals surface area contributed by atoms with Gasteiger partial charge in [0.15, 0.2) is 0 Å². The molecule has 0 N–H and O–H groups in total. The van der Waals surface area contributed by atoms with E-state index in [9.17, 15) is 4.39 Å². The molecule has 1 saturated carbocycles. The van der Waals surface area contributed by atoms with Crippen molar-refractivity contribution in [2.24, 2.45) is 5.92 Å². The van der Waals surface area contributed by atoms with Gasteiger partial charge >= 0.3 is 0 Å². The Kier molecular flexibility index (Phi) is 7.33. The summed E-state index contributed by atoms with van der Waals surface area (Å²) in [6.45, 7) is 4.08. The molecule has 1 heteroatoms. The highest BCUT2D eigenvalue weighted by atomic mass is 19.1. The fourth-order valence-electron chi connectivity index (χ4n) is 4.08. The van der Waals surface area contributed by atoms with Crippen molar-refractivity contribution >= 4 is 0 Å². The third-order valence-electron chi connectivity index (χ3n) is 5.77. The van der Waals surface area contributed by atoms with Crippen molar-refractivity contribution in [2.75, 3.05) is 0 Å². The molecule has 1 fully saturated rings. The van der Waals surface area contributed by atoms with Crippen molar-refractivity contribution in [1.82, 2.24) is 0 Å². The van der Waals surface area contributed by atoms with Crippen molar-refractivity contribution in [1.29, 1.82) is 0 Å². The van der Waals surface area contributed by atoms with Gasteiger partial charge in [-0.2, -0.15) is 0 Å². The van der Waals surface area contributed by atoms with E-state index in [4.69, 9.17) is 0 Å². The van der Waals surface area contributed by atoms with Crippen LogP contribution in [0.25, 0.3) is 0 Å². The zero-order valence-corrected chi connectivity index (χ0v) is 17.0. The molecule has 144 valence electrons. The summed E-state index contributed by atoms with van der Waals surface area (Å²) in [5, 5.41) is 0. The van der Waals surface area contributed by atoms with Gasteiger partial charge in [-0.3, -0.25) is 0 Å². The monoisotopic (exact) mass is 372 g/mol. The van der Waals surface area contributed by atoms with Crippen LogP contribution in [0.4, 0.5) is 4.39 Å². The summed E-state index contributed by atoms with van der Waals surface area (Å²) in [6.07, 6.45) is 8.92. The summed E-state index contributed by atoms with van der Waals surface area (Å²) in [7, 11) is 0. The maximum Gasteiger partial charge on any atom is 0.139 e. The van der Waals surface area contributed by atoms with Crippen molar-refractivity contribution in [3.05, 3.63) is 70.5 Å². The fourth-order valence-corrected chi connectivity index (χ4v) is 4.08. The molecule has 1 aliphatic carbocycles. The number of halogens is 1. The third kappa shape index (κ3) is 5.50. The lowest BCUT2D eigenvalue weighted by Crippen LogP contribution is -2.13. The quantitative estimate of drug-likeness (QED) is 0.504. The van der Waals surface area contributed by atoms with Crippen LogP contribution < -0.4 is 0 Å². The average molecular weight is 373 g/mol. The Balaban J connectivity index is 1.64. The van der Waals surface area contributed by atoms with Crippen molar-refractivity contribution < 1.29 is 4.39 Å². The van der Waals surface area contributed by atoms with Crippen LogP contribution in [0, 0.1) is 35.4 Å². The first-order chi connectivity index (χ1) is 13.7. The van der Waals surface area contributed by atoms with Crippen LogP contribution >= 0.6 is 0 Å². The van der Waals surface area contributed by atoms with Crippen molar-refractivity contribution in [3.8, 4) is 23.7 Å². The zero-order valence-electron chi connectivity index (χ0n) is 17.0. The fraction of sp³-hybridized carbons (Fsp3) is 0.407. The Morgan fingerprint density at radius 2 is 1.57 bits per heavy atom. The van der Waals surface area contributed by atoms with E-state index >= 15 is 0 Å². The molecule has 0 nitrogen and oxygen atoms in total. The van der Waals surface area contributed by atoms with E-state index in [1.165, 1.54) is 44.9 Å². The van der Waals surface area contributed by atoms with Gasteiger partial charge in [-0.15, -0.1) is 5.92 Å². The van der Waals surface area contributed by atoms with Crippen LogP contribution in [0.3, 0.4) is 0 Å². The highest BCUT2D eigenvalue weighted by Gasteiger charge is 2.22. The van der Waals surface area contributed by atoms with Gasteiger partial charge in [0.05, 0.1) is 5.56 Å². The molecule has 0 saturated heterocycles. The topological polar surface area (TPSA) is 0 Å². The van der Waals surface area contributed by atoms with Gasteiger partial charge in [-0.25, -0.2) is 4.39 Å². The maximum absolute atomic E-state index is 14.6. The lowest BCUT2D eigenvalue weighted by Gasteiger charge is -2.28. The Bertz CT molecular complexity index is 891. The predicted octanol–water partition coefficient (Wildman–Crippen LogP) is 7.06. The second-order valence-electron chi connectivity index (χ2n) is 7.80. The molecule has 2 aromatic carbocycles. The lowest BCUT2D eigenvalue weighted by atomic mass is 9.77. The van der Waals surface area contributed by atoms with Gasteiger partial charge in [0.1, 0.15) is 5.82 Å². The molecule has 28 heavy (non-hydrogen) atoms. The number of hydrogen-bond donors (Lipinski definition) is 0. The van der Waals surface area contributed by atoms with Gasteiger partial charge in [0.2, 0.25) is 0 Å². The molecule has 0 heterocycles. The van der Waals surface area contributed by atoms with Crippen LogP contribution in [0.1, 0.15) is 87.0 Å². The summed E-state index contributed by atoms with van der Waals surface area (Å²) in [5.41, 5.74) is 3.45. The summed E-state index contributed by atoms with van der Waals surface area (Å²) in [5.74, 6) is 13.1. The maximum atomic E-state index is 14.6. The molecule has 0 radical (unpaired) electrons. The van der Waals surface area contributed by atoms with Crippen LogP contribution in [0.5, 0.6) is 0 Å². The number of hydrogen-bond acceptors (Lipinski definition) is 0. The van der Waals surface area contributed by atoms with Crippen LogP contribution in [-0.4, -0.2) is 0 Å². The molecule has 0 unspecified atom stereocenters. The SMILES string of the molecule is CC#Cc1ccc(C#Cc2ccc(C3CCC(CCCC)CC3)cc2F)cc1. The average Bonchev–Trinajstić information content (AvgIpc) is 2.73. The van der Waals surface area contributed by atoms with E-state index < -0.39 is 0 Å². The van der Waals surface area contributed by atoms with E-state index in [-0.39, 0.29) is 5.82 Å². The Labute approximate surface area is 169 Å². The van der Waals surface area contributed by atoms with E-state index in [2.05, 4.69) is 36.7 Å². The van der Waals surface area contributed by atoms with Crippen molar-refractivity contribution in [3.63, 3.8) is 0 Å². The van der Waals surface area contributed by atoms with Gasteiger partial charge < -0.3 is 0 Å². The second-order valence-corrected chi connectivity index (χ2v) is 7.80. The first kappa shape index (κ1) is 20.2. The molecular weight excluding hydrogens is 343 g/mol. The van der Waals surface area contributed by atoms with Crippen LogP contribution in [0.2, 0.25) is 0 Å². The summed E-state index contributed by atoms with van der Waals surface area (Å²) < 4.78 is 14.6. The molecule has 0 spiro atoms. The van der Waals surface area contributed by atoms with Gasteiger partial charge in [-0.1, -0.05) is 50.0 Å². The summed E-state index contributed by atoms with van der Waals surface area (Å²) in [4.78, 5) is 0. The molecule has 3 rings (SSSR count). The second kappa shape index (κ2) is 10.1. The van der Waals surface area contributed by atoms with E-state index in [1.54, 1.807) is 6.07 Å². The molecule has 1 aliphatic rings. The van der Waals surface area contributed by atoms with Gasteiger partial charge in [0, 0.05) is 11.1 Å². The highest BCUT2D eigenvalue weighted by molar-refractivity contribution is 5.46. The minimum absolute atomic E-state index is 0.202. The largest absolute Gasteiger partial charge is 0.206 e. The first-order valence-corrected chi connectivity index (χ1v) is 10.5. The summed E-state index contributed by atoms with van der Waals surface area (Å²) >= 11 is 0. The lowest BCUT2D eigenvalue weighted by molar-refractivity contribution is 0.304. The molecule has 0 bridgehead atoms. The van der Waals surface area contributed by atoms with Gasteiger partial charge in [-0.05, 0) is 86.4 Å². The number of rotatable bonds is 4. The molecule has 0 atom stereocenters. The third-order valence-corrected chi connectivity index (χ3v) is 5.77. The van der Waals surface area contributed by atoms with Crippen LogP contribution in [0.15, 0.2) is 42.5 Å². The van der Waals surface area contributed by atoms with E-state index in [0.29, 0.717) is 11.5 Å². The van der Waals surface area contributed by atoms with E-state index in [1.807, 2.05) is 37.3 Å². The highest BCUT2D eigenvalue weighted by Crippen LogP contribution is 2.38. The normalized spacial score (nSPS) is 18.5. The standard InChI is InChI=1S/C27H29F/c1-3-5-7-22-12-15-24(16-13-22)26-19-18-25(27(28)20-26)17-14-23-10-8-21(6-4-2)9-11-23/h8-11,18-20,22,24H,3,5,7,12-13,15-16H2,1-2H3. The van der Waals surface area contributed by atoms with Crippen LogP contribution in [-0.2, 0) is 0 Å². The number of unbranched alkanes of at least 4 members (excludes halogenated alkanes) is 1. The minimum Gasteiger partial charge on any atom is -0.206 e. The molecule has 2 aromatic rings. The smallest absolute Gasteiger partial charge is 0.139 e. The first-order valence-electron chi connectivity index (χ1n) is 10.5. The Morgan fingerprint density at radius 3 is 2.18 bits per heavy atom. The predicted molar refractivity (Wildman–Crippen MR) is 116 cm³/mol. The Hall–Kier alpha value is -2.51. The molecule has 0 aliphatic heterocycles. The zero-order chi connectivity index (χ0) is 19.8. The molecule has 0 amide bonds. The molecule has 0 aromatic heterocycles. The molecular formula is C27H29F. The Morgan fingerprint density at radius 1 is 0.893 bits per heavy atom. The van der Waals surface area contributed by atoms with Crippen molar-refractivity contribution in [2.45, 2.75) is 64.7 Å². The number of benzene rings is 2. The van der Waals surface area contributed by atoms with E-state index in [0.717, 1.165) is 22.6 Å². The van der Waals surface area contributed by atoms with Gasteiger partial charge in [0.25, 0.3) is 0 Å². The minimum atomic E-state index is -0.202.